The maximum atomic E-state index is 12.7. The van der Waals surface area contributed by atoms with Crippen molar-refractivity contribution < 1.29 is 19.1 Å². The Bertz CT molecular complexity index is 526. The molecule has 134 valence electrons. The van der Waals surface area contributed by atoms with Crippen molar-refractivity contribution >= 4 is 12.0 Å². The lowest BCUT2D eigenvalue weighted by Crippen LogP contribution is -2.50. The normalized spacial score (nSPS) is 12.4. The van der Waals surface area contributed by atoms with Crippen molar-refractivity contribution in [2.75, 3.05) is 27.3 Å². The van der Waals surface area contributed by atoms with Crippen LogP contribution in [0.5, 0.6) is 0 Å². The number of nitrogens with zero attached hydrogens (tertiary/aromatic N) is 1. The lowest BCUT2D eigenvalue weighted by atomic mass is 10.0. The Labute approximate surface area is 144 Å². The van der Waals surface area contributed by atoms with Gasteiger partial charge in [0.1, 0.15) is 11.6 Å². The first-order chi connectivity index (χ1) is 11.2. The molecule has 0 fully saturated rings. The summed E-state index contributed by atoms with van der Waals surface area (Å²) in [6.07, 6.45) is -0.201. The molecular weight excluding hydrogens is 308 g/mol. The van der Waals surface area contributed by atoms with Crippen LogP contribution in [0.1, 0.15) is 26.3 Å². The van der Waals surface area contributed by atoms with Gasteiger partial charge in [-0.1, -0.05) is 30.3 Å². The van der Waals surface area contributed by atoms with Crippen LogP contribution in [0.15, 0.2) is 30.3 Å². The van der Waals surface area contributed by atoms with E-state index >= 15 is 0 Å². The van der Waals surface area contributed by atoms with Crippen LogP contribution < -0.4 is 5.32 Å². The molecule has 6 heteroatoms. The summed E-state index contributed by atoms with van der Waals surface area (Å²) < 4.78 is 10.3. The molecule has 0 saturated heterocycles. The summed E-state index contributed by atoms with van der Waals surface area (Å²) in [4.78, 5) is 26.3. The number of rotatable bonds is 7. The standard InChI is InChI=1S/C18H28N2O4/c1-18(2,3)24-17(22)19-15(13-14-9-7-6-8-10-14)16(21)20(4)11-12-23-5/h6-10,15H,11-13H2,1-5H3,(H,19,22). The first-order valence-corrected chi connectivity index (χ1v) is 8.00. The van der Waals surface area contributed by atoms with Crippen LogP contribution >= 0.6 is 0 Å². The Balaban J connectivity index is 2.82. The quantitative estimate of drug-likeness (QED) is 0.829. The summed E-state index contributed by atoms with van der Waals surface area (Å²) in [5.74, 6) is -0.179. The highest BCUT2D eigenvalue weighted by Gasteiger charge is 2.26. The van der Waals surface area contributed by atoms with E-state index in [-0.39, 0.29) is 5.91 Å². The van der Waals surface area contributed by atoms with Gasteiger partial charge in [-0.25, -0.2) is 4.79 Å². The largest absolute Gasteiger partial charge is 0.444 e. The molecule has 0 spiro atoms. The first-order valence-electron chi connectivity index (χ1n) is 8.00. The van der Waals surface area contributed by atoms with Crippen molar-refractivity contribution in [3.63, 3.8) is 0 Å². The third-order valence-corrected chi connectivity index (χ3v) is 3.28. The van der Waals surface area contributed by atoms with Crippen molar-refractivity contribution in [1.82, 2.24) is 10.2 Å². The highest BCUT2D eigenvalue weighted by atomic mass is 16.6. The van der Waals surface area contributed by atoms with Gasteiger partial charge in [0.15, 0.2) is 0 Å². The van der Waals surface area contributed by atoms with E-state index in [0.29, 0.717) is 19.6 Å². The van der Waals surface area contributed by atoms with E-state index in [1.165, 1.54) is 0 Å². The molecule has 1 aromatic carbocycles. The van der Waals surface area contributed by atoms with Gasteiger partial charge in [-0.2, -0.15) is 0 Å². The third-order valence-electron chi connectivity index (χ3n) is 3.28. The fourth-order valence-corrected chi connectivity index (χ4v) is 2.10. The van der Waals surface area contributed by atoms with E-state index in [1.54, 1.807) is 39.8 Å². The van der Waals surface area contributed by atoms with Crippen LogP contribution in [0.25, 0.3) is 0 Å². The number of carbonyl (C=O) groups is 2. The highest BCUT2D eigenvalue weighted by molar-refractivity contribution is 5.85. The number of hydrogen-bond acceptors (Lipinski definition) is 4. The average molecular weight is 336 g/mol. The van der Waals surface area contributed by atoms with E-state index < -0.39 is 17.7 Å². The van der Waals surface area contributed by atoms with Gasteiger partial charge in [0.05, 0.1) is 6.61 Å². The number of nitrogens with one attached hydrogen (secondary N) is 1. The Kier molecular flexibility index (Phi) is 7.71. The molecule has 1 unspecified atom stereocenters. The molecule has 0 aromatic heterocycles. The Hall–Kier alpha value is -2.08. The summed E-state index contributed by atoms with van der Waals surface area (Å²) in [6.45, 7) is 6.24. The van der Waals surface area contributed by atoms with E-state index in [2.05, 4.69) is 5.32 Å². The number of likely N-dealkylation sites (N-methyl/N-ethyl adjacent to an activating group) is 1. The summed E-state index contributed by atoms with van der Waals surface area (Å²) in [6, 6.07) is 8.87. The molecular formula is C18H28N2O4. The Morgan fingerprint density at radius 3 is 2.38 bits per heavy atom. The van der Waals surface area contributed by atoms with Crippen molar-refractivity contribution in [3.05, 3.63) is 35.9 Å². The van der Waals surface area contributed by atoms with Gasteiger partial charge in [0, 0.05) is 27.1 Å². The summed E-state index contributed by atoms with van der Waals surface area (Å²) in [5, 5.41) is 2.69. The minimum atomic E-state index is -0.691. The third kappa shape index (κ3) is 7.46. The topological polar surface area (TPSA) is 67.9 Å². The zero-order valence-corrected chi connectivity index (χ0v) is 15.2. The number of alkyl carbamates (subject to hydrolysis) is 1. The molecule has 0 heterocycles. The Morgan fingerprint density at radius 1 is 1.21 bits per heavy atom. The molecule has 1 atom stereocenters. The molecule has 1 rings (SSSR count). The van der Waals surface area contributed by atoms with Crippen LogP contribution in [0.4, 0.5) is 4.79 Å². The van der Waals surface area contributed by atoms with Gasteiger partial charge in [0.25, 0.3) is 0 Å². The van der Waals surface area contributed by atoms with Crippen LogP contribution in [-0.2, 0) is 20.7 Å². The maximum Gasteiger partial charge on any atom is 0.408 e. The van der Waals surface area contributed by atoms with Gasteiger partial charge in [-0.3, -0.25) is 4.79 Å². The summed E-state index contributed by atoms with van der Waals surface area (Å²) in [7, 11) is 3.27. The number of ether oxygens (including phenoxy) is 2. The van der Waals surface area contributed by atoms with Gasteiger partial charge in [-0.05, 0) is 26.3 Å². The second-order valence-corrected chi connectivity index (χ2v) is 6.64. The van der Waals surface area contributed by atoms with E-state index in [9.17, 15) is 9.59 Å². The molecule has 6 nitrogen and oxygen atoms in total. The van der Waals surface area contributed by atoms with Crippen molar-refractivity contribution in [1.29, 1.82) is 0 Å². The molecule has 0 saturated carbocycles. The molecule has 0 aliphatic heterocycles. The number of amides is 2. The number of carbonyl (C=O) groups excluding carboxylic acids is 2. The molecule has 0 radical (unpaired) electrons. The minimum absolute atomic E-state index is 0.179. The minimum Gasteiger partial charge on any atom is -0.444 e. The summed E-state index contributed by atoms with van der Waals surface area (Å²) in [5.41, 5.74) is 0.346. The van der Waals surface area contributed by atoms with Gasteiger partial charge >= 0.3 is 6.09 Å². The molecule has 1 aromatic rings. The predicted octanol–water partition coefficient (Wildman–Crippen LogP) is 2.23. The van der Waals surface area contributed by atoms with E-state index in [0.717, 1.165) is 5.56 Å². The lowest BCUT2D eigenvalue weighted by molar-refractivity contribution is -0.132. The molecule has 0 aliphatic rings. The van der Waals surface area contributed by atoms with Crippen LogP contribution in [-0.4, -0.2) is 55.9 Å². The second-order valence-electron chi connectivity index (χ2n) is 6.64. The maximum absolute atomic E-state index is 12.7. The highest BCUT2D eigenvalue weighted by Crippen LogP contribution is 2.09. The first kappa shape index (κ1) is 20.0. The zero-order chi connectivity index (χ0) is 18.2. The second kappa shape index (κ2) is 9.27. The van der Waals surface area contributed by atoms with Crippen LogP contribution in [0, 0.1) is 0 Å². The summed E-state index contributed by atoms with van der Waals surface area (Å²) >= 11 is 0. The molecule has 24 heavy (non-hydrogen) atoms. The smallest absolute Gasteiger partial charge is 0.408 e. The predicted molar refractivity (Wildman–Crippen MR) is 92.8 cm³/mol. The van der Waals surface area contributed by atoms with Gasteiger partial charge < -0.3 is 19.7 Å². The van der Waals surface area contributed by atoms with Crippen molar-refractivity contribution in [2.24, 2.45) is 0 Å². The van der Waals surface area contributed by atoms with Gasteiger partial charge in [0.2, 0.25) is 5.91 Å². The number of methoxy groups -OCH3 is 1. The number of benzene rings is 1. The monoisotopic (exact) mass is 336 g/mol. The van der Waals surface area contributed by atoms with Crippen LogP contribution in [0.3, 0.4) is 0 Å². The molecule has 0 aliphatic carbocycles. The molecule has 0 bridgehead atoms. The Morgan fingerprint density at radius 2 is 1.83 bits per heavy atom. The zero-order valence-electron chi connectivity index (χ0n) is 15.2. The van der Waals surface area contributed by atoms with Crippen molar-refractivity contribution in [3.8, 4) is 0 Å². The van der Waals surface area contributed by atoms with Crippen LogP contribution in [0.2, 0.25) is 0 Å². The number of hydrogen-bond donors (Lipinski definition) is 1. The fourth-order valence-electron chi connectivity index (χ4n) is 2.10. The average Bonchev–Trinajstić information content (AvgIpc) is 2.50. The van der Waals surface area contributed by atoms with E-state index in [4.69, 9.17) is 9.47 Å². The van der Waals surface area contributed by atoms with Gasteiger partial charge in [-0.15, -0.1) is 0 Å². The fraction of sp³-hybridized carbons (Fsp3) is 0.556. The SMILES string of the molecule is COCCN(C)C(=O)C(Cc1ccccc1)NC(=O)OC(C)(C)C. The molecule has 1 N–H and O–H groups in total. The van der Waals surface area contributed by atoms with Crippen molar-refractivity contribution in [2.45, 2.75) is 38.8 Å². The molecule has 2 amide bonds. The van der Waals surface area contributed by atoms with E-state index in [1.807, 2.05) is 30.3 Å². The lowest BCUT2D eigenvalue weighted by Gasteiger charge is -2.26.